The van der Waals surface area contributed by atoms with Crippen molar-refractivity contribution in [2.24, 2.45) is 23.7 Å². The van der Waals surface area contributed by atoms with E-state index in [1.807, 2.05) is 0 Å². The molecule has 4 unspecified atom stereocenters. The number of hydrogen-bond acceptors (Lipinski definition) is 15. The monoisotopic (exact) mass is 1200 g/mol. The molecular formula is C62H120O17P2. The maximum absolute atomic E-state index is 12.9. The molecule has 19 heteroatoms. The second-order valence-corrected chi connectivity index (χ2v) is 26.8. The number of aliphatic hydroxyl groups excluding tert-OH is 1. The molecule has 0 spiro atoms. The van der Waals surface area contributed by atoms with Gasteiger partial charge in [0.25, 0.3) is 0 Å². The summed E-state index contributed by atoms with van der Waals surface area (Å²) in [7, 11) is -9.88. The summed E-state index contributed by atoms with van der Waals surface area (Å²) in [6.07, 6.45) is 31.0. The van der Waals surface area contributed by atoms with Gasteiger partial charge in [0.1, 0.15) is 19.3 Å². The quantitative estimate of drug-likeness (QED) is 0.0222. The highest BCUT2D eigenvalue weighted by Crippen LogP contribution is 2.45. The summed E-state index contributed by atoms with van der Waals surface area (Å²) < 4.78 is 67.9. The van der Waals surface area contributed by atoms with Crippen molar-refractivity contribution in [3.05, 3.63) is 0 Å². The summed E-state index contributed by atoms with van der Waals surface area (Å²) in [5, 5.41) is 10.5. The standard InChI is InChI=1S/C62H120O17P2/c1-9-54(7)40-32-24-15-11-12-16-28-36-44-61(66)78-57(49-73-60(65)43-35-27-21-19-25-33-41-55(8)10-2)50-76-80(68,69)74-46-56(63)47-75-81(70,71)77-51-58(79-62(67)45-37-29-20-18-23-31-39-53(5)6)48-72-59(64)42-34-26-17-13-14-22-30-38-52(3)4/h52-58,63H,9-51H2,1-8H3,(H,68,69)(H,70,71)/t54?,55?,56-,57+,58+/m0/s1. The lowest BCUT2D eigenvalue weighted by Crippen LogP contribution is -2.30. The molecule has 0 aliphatic rings. The van der Waals surface area contributed by atoms with Crippen LogP contribution >= 0.6 is 15.6 Å². The molecule has 0 aromatic carbocycles. The van der Waals surface area contributed by atoms with Crippen LogP contribution in [0.1, 0.15) is 293 Å². The Bertz CT molecular complexity index is 1630. The molecule has 0 amide bonds. The zero-order chi connectivity index (χ0) is 60.4. The molecule has 0 bridgehead atoms. The summed E-state index contributed by atoms with van der Waals surface area (Å²) in [6, 6.07) is 0. The van der Waals surface area contributed by atoms with Gasteiger partial charge < -0.3 is 33.8 Å². The Morgan fingerprint density at radius 1 is 0.346 bits per heavy atom. The van der Waals surface area contributed by atoms with E-state index in [-0.39, 0.29) is 25.7 Å². The summed E-state index contributed by atoms with van der Waals surface area (Å²) in [5.41, 5.74) is 0. The lowest BCUT2D eigenvalue weighted by Gasteiger charge is -2.21. The fourth-order valence-electron chi connectivity index (χ4n) is 9.01. The van der Waals surface area contributed by atoms with Gasteiger partial charge in [-0.25, -0.2) is 9.13 Å². The van der Waals surface area contributed by atoms with Crippen LogP contribution in [0.4, 0.5) is 0 Å². The first-order valence-electron chi connectivity index (χ1n) is 32.3. The second kappa shape index (κ2) is 52.4. The molecule has 0 heterocycles. The number of hydrogen-bond donors (Lipinski definition) is 3. The predicted molar refractivity (Wildman–Crippen MR) is 321 cm³/mol. The van der Waals surface area contributed by atoms with Crippen molar-refractivity contribution >= 4 is 39.5 Å². The Kier molecular flexibility index (Phi) is 51.1. The van der Waals surface area contributed by atoms with Crippen molar-refractivity contribution in [1.82, 2.24) is 0 Å². The molecule has 0 aliphatic carbocycles. The van der Waals surface area contributed by atoms with Crippen LogP contribution in [0.5, 0.6) is 0 Å². The minimum atomic E-state index is -4.94. The molecule has 0 rings (SSSR count). The van der Waals surface area contributed by atoms with Gasteiger partial charge in [-0.15, -0.1) is 0 Å². The highest BCUT2D eigenvalue weighted by Gasteiger charge is 2.30. The average Bonchev–Trinajstić information content (AvgIpc) is 3.42. The minimum Gasteiger partial charge on any atom is -0.462 e. The van der Waals surface area contributed by atoms with Crippen molar-refractivity contribution in [3.8, 4) is 0 Å². The van der Waals surface area contributed by atoms with Gasteiger partial charge in [-0.2, -0.15) is 0 Å². The smallest absolute Gasteiger partial charge is 0.462 e. The zero-order valence-electron chi connectivity index (χ0n) is 52.4. The van der Waals surface area contributed by atoms with E-state index >= 15 is 0 Å². The molecule has 0 radical (unpaired) electrons. The molecule has 0 aromatic rings. The molecule has 17 nitrogen and oxygen atoms in total. The number of phosphoric acid groups is 2. The van der Waals surface area contributed by atoms with Gasteiger partial charge in [-0.3, -0.25) is 37.3 Å². The van der Waals surface area contributed by atoms with E-state index in [4.69, 9.17) is 37.0 Å². The molecule has 0 saturated carbocycles. The van der Waals surface area contributed by atoms with Crippen molar-refractivity contribution in [2.75, 3.05) is 39.6 Å². The summed E-state index contributed by atoms with van der Waals surface area (Å²) in [4.78, 5) is 72.1. The zero-order valence-corrected chi connectivity index (χ0v) is 54.2. The third kappa shape index (κ3) is 54.5. The van der Waals surface area contributed by atoms with Crippen molar-refractivity contribution in [3.63, 3.8) is 0 Å². The maximum atomic E-state index is 12.9. The van der Waals surface area contributed by atoms with E-state index in [0.29, 0.717) is 37.5 Å². The molecule has 480 valence electrons. The largest absolute Gasteiger partial charge is 0.472 e. The molecule has 0 aliphatic heterocycles. The third-order valence-electron chi connectivity index (χ3n) is 14.8. The first-order valence-corrected chi connectivity index (χ1v) is 35.3. The van der Waals surface area contributed by atoms with E-state index in [0.717, 1.165) is 115 Å². The minimum absolute atomic E-state index is 0.100. The number of aliphatic hydroxyl groups is 1. The lowest BCUT2D eigenvalue weighted by atomic mass is 9.99. The van der Waals surface area contributed by atoms with Crippen molar-refractivity contribution < 1.29 is 80.2 Å². The summed E-state index contributed by atoms with van der Waals surface area (Å²) >= 11 is 0. The number of esters is 4. The summed E-state index contributed by atoms with van der Waals surface area (Å²) in [5.74, 6) is 0.727. The number of unbranched alkanes of at least 4 members (excludes halogenated alkanes) is 23. The Hall–Kier alpha value is -1.94. The highest BCUT2D eigenvalue weighted by molar-refractivity contribution is 7.47. The van der Waals surface area contributed by atoms with Gasteiger partial charge in [-0.1, -0.05) is 242 Å². The van der Waals surface area contributed by atoms with Crippen LogP contribution in [0.3, 0.4) is 0 Å². The number of phosphoric ester groups is 2. The second-order valence-electron chi connectivity index (χ2n) is 23.9. The van der Waals surface area contributed by atoms with Crippen LogP contribution in [0.2, 0.25) is 0 Å². The number of carbonyl (C=O) groups is 4. The third-order valence-corrected chi connectivity index (χ3v) is 16.7. The van der Waals surface area contributed by atoms with E-state index in [1.165, 1.54) is 83.5 Å². The molecule has 7 atom stereocenters. The summed E-state index contributed by atoms with van der Waals surface area (Å²) in [6.45, 7) is 13.9. The van der Waals surface area contributed by atoms with Gasteiger partial charge in [0.2, 0.25) is 0 Å². The van der Waals surface area contributed by atoms with Crippen LogP contribution in [-0.2, 0) is 65.4 Å². The fourth-order valence-corrected chi connectivity index (χ4v) is 10.6. The van der Waals surface area contributed by atoms with Gasteiger partial charge >= 0.3 is 39.5 Å². The normalized spacial score (nSPS) is 15.2. The van der Waals surface area contributed by atoms with Gasteiger partial charge in [-0.05, 0) is 49.4 Å². The van der Waals surface area contributed by atoms with E-state index in [9.17, 15) is 43.2 Å². The van der Waals surface area contributed by atoms with E-state index in [2.05, 4.69) is 55.4 Å². The predicted octanol–water partition coefficient (Wildman–Crippen LogP) is 16.6. The van der Waals surface area contributed by atoms with Crippen molar-refractivity contribution in [2.45, 2.75) is 311 Å². The molecule has 0 aromatic heterocycles. The van der Waals surface area contributed by atoms with Crippen LogP contribution in [0.25, 0.3) is 0 Å². The van der Waals surface area contributed by atoms with E-state index in [1.54, 1.807) is 0 Å². The fraction of sp³-hybridized carbons (Fsp3) is 0.935. The van der Waals surface area contributed by atoms with E-state index < -0.39 is 97.5 Å². The Balaban J connectivity index is 5.26. The Morgan fingerprint density at radius 3 is 0.877 bits per heavy atom. The lowest BCUT2D eigenvalue weighted by molar-refractivity contribution is -0.161. The van der Waals surface area contributed by atoms with Gasteiger partial charge in [0.15, 0.2) is 12.2 Å². The van der Waals surface area contributed by atoms with Gasteiger partial charge in [0.05, 0.1) is 26.4 Å². The molecular weight excluding hydrogens is 1080 g/mol. The van der Waals surface area contributed by atoms with Crippen LogP contribution in [0.15, 0.2) is 0 Å². The average molecular weight is 1200 g/mol. The Labute approximate surface area is 492 Å². The first kappa shape index (κ1) is 79.1. The molecule has 0 saturated heterocycles. The van der Waals surface area contributed by atoms with Crippen LogP contribution < -0.4 is 0 Å². The molecule has 81 heavy (non-hydrogen) atoms. The number of rotatable bonds is 59. The number of ether oxygens (including phenoxy) is 4. The maximum Gasteiger partial charge on any atom is 0.472 e. The van der Waals surface area contributed by atoms with Crippen LogP contribution in [0, 0.1) is 23.7 Å². The number of carbonyl (C=O) groups excluding carboxylic acids is 4. The molecule has 3 N–H and O–H groups in total. The first-order chi connectivity index (χ1) is 38.7. The Morgan fingerprint density at radius 2 is 0.593 bits per heavy atom. The van der Waals surface area contributed by atoms with Crippen LogP contribution in [-0.4, -0.2) is 96.7 Å². The SMILES string of the molecule is CCC(C)CCCCCCCCCCC(=O)O[C@H](COC(=O)CCCCCCCCC(C)CC)COP(=O)(O)OC[C@H](O)COP(=O)(O)OC[C@@H](COC(=O)CCCCCCCCCC(C)C)OC(=O)CCCCCCCCC(C)C. The highest BCUT2D eigenvalue weighted by atomic mass is 31.2. The molecule has 0 fully saturated rings. The van der Waals surface area contributed by atoms with Crippen molar-refractivity contribution in [1.29, 1.82) is 0 Å². The topological polar surface area (TPSA) is 237 Å². The van der Waals surface area contributed by atoms with Gasteiger partial charge in [0, 0.05) is 25.7 Å².